The Morgan fingerprint density at radius 3 is 2.05 bits per heavy atom. The van der Waals surface area contributed by atoms with E-state index in [2.05, 4.69) is 4.98 Å². The summed E-state index contributed by atoms with van der Waals surface area (Å²) < 4.78 is 0. The average molecular weight is 523 g/mol. The predicted octanol–water partition coefficient (Wildman–Crippen LogP) is 6.02. The number of aromatic nitrogens is 1. The Morgan fingerprint density at radius 1 is 0.763 bits per heavy atom. The van der Waals surface area contributed by atoms with E-state index in [1.54, 1.807) is 48.5 Å². The summed E-state index contributed by atoms with van der Waals surface area (Å²) in [5, 5.41) is 19.5. The van der Waals surface area contributed by atoms with E-state index >= 15 is 0 Å². The molecule has 0 fully saturated rings. The van der Waals surface area contributed by atoms with Crippen LogP contribution in [0.5, 0.6) is 5.88 Å². The lowest BCUT2D eigenvalue weighted by Crippen LogP contribution is -2.30. The number of carbonyl (C=O) groups excluding carboxylic acids is 1. The third-order valence-electron chi connectivity index (χ3n) is 6.08. The van der Waals surface area contributed by atoms with Crippen LogP contribution in [0.15, 0.2) is 108 Å². The first kappa shape index (κ1) is 24.7. The molecule has 1 heterocycles. The Bertz CT molecular complexity index is 1660. The number of thiazole rings is 1. The van der Waals surface area contributed by atoms with E-state index in [9.17, 15) is 24.6 Å². The van der Waals surface area contributed by atoms with Crippen LogP contribution in [-0.2, 0) is 6.54 Å². The molecule has 38 heavy (non-hydrogen) atoms. The number of carboxylic acid groups (broad SMARTS) is 1. The molecule has 0 saturated carbocycles. The van der Waals surface area contributed by atoms with Crippen LogP contribution in [0.25, 0.3) is 21.6 Å². The number of nitrogens with zero attached hydrogens (tertiary/aromatic N) is 1. The topological polar surface area (TPSA) is 111 Å². The van der Waals surface area contributed by atoms with Gasteiger partial charge < -0.3 is 15.1 Å². The van der Waals surface area contributed by atoms with Gasteiger partial charge in [0.25, 0.3) is 5.91 Å². The Labute approximate surface area is 221 Å². The highest BCUT2D eigenvalue weighted by atomic mass is 32.1. The zero-order valence-electron chi connectivity index (χ0n) is 20.0. The molecular weight excluding hydrogens is 500 g/mol. The summed E-state index contributed by atoms with van der Waals surface area (Å²) >= 11 is 0.909. The van der Waals surface area contributed by atoms with Crippen molar-refractivity contribution in [2.45, 2.75) is 6.54 Å². The highest BCUT2D eigenvalue weighted by molar-refractivity contribution is 7.13. The number of aromatic amines is 1. The highest BCUT2D eigenvalue weighted by Gasteiger charge is 2.20. The number of nitrogens with one attached hydrogen (secondary N) is 1. The third kappa shape index (κ3) is 5.25. The van der Waals surface area contributed by atoms with Crippen LogP contribution >= 0.6 is 11.3 Å². The number of anilines is 1. The van der Waals surface area contributed by atoms with Crippen LogP contribution in [0.2, 0.25) is 0 Å². The maximum atomic E-state index is 13.7. The summed E-state index contributed by atoms with van der Waals surface area (Å²) in [6.45, 7) is 0.179. The number of hydrogen-bond acceptors (Lipinski definition) is 5. The minimum absolute atomic E-state index is 0.0768. The number of carbonyl (C=O) groups is 2. The van der Waals surface area contributed by atoms with Gasteiger partial charge in [-0.1, -0.05) is 84.1 Å². The van der Waals surface area contributed by atoms with Gasteiger partial charge in [0.15, 0.2) is 0 Å². The molecule has 0 unspecified atom stereocenters. The zero-order valence-corrected chi connectivity index (χ0v) is 20.8. The van der Waals surface area contributed by atoms with Crippen molar-refractivity contribution >= 4 is 28.9 Å². The standard InChI is InChI=1S/C30H22N2O5S/c33-27-26(38-30(37)31-27)22-11-9-19(10-12-22)18-32(25-8-4-7-24(17-25)29(35)36)28(34)23-15-13-21(14-16-23)20-5-2-1-3-6-20/h1-17,33H,18H2,(H,31,37)(H,35,36). The van der Waals surface area contributed by atoms with Gasteiger partial charge in [0.1, 0.15) is 0 Å². The molecule has 1 amide bonds. The SMILES string of the molecule is O=C(O)c1cccc(N(Cc2ccc(-c3sc(=O)[nH]c3O)cc2)C(=O)c2ccc(-c3ccccc3)cc2)c1. The maximum absolute atomic E-state index is 13.7. The smallest absolute Gasteiger partial charge is 0.335 e. The van der Waals surface area contributed by atoms with Crippen LogP contribution in [0.1, 0.15) is 26.3 Å². The summed E-state index contributed by atoms with van der Waals surface area (Å²) in [5.74, 6) is -1.55. The first-order valence-electron chi connectivity index (χ1n) is 11.7. The first-order valence-corrected chi connectivity index (χ1v) is 12.5. The van der Waals surface area contributed by atoms with E-state index < -0.39 is 5.97 Å². The third-order valence-corrected chi connectivity index (χ3v) is 7.00. The Balaban J connectivity index is 1.47. The number of rotatable bonds is 7. The van der Waals surface area contributed by atoms with Crippen LogP contribution in [-0.4, -0.2) is 27.1 Å². The number of aromatic carboxylic acids is 1. The largest absolute Gasteiger partial charge is 0.493 e. The lowest BCUT2D eigenvalue weighted by molar-refractivity contribution is 0.0696. The number of aromatic hydroxyl groups is 1. The van der Waals surface area contributed by atoms with Crippen molar-refractivity contribution in [3.8, 4) is 27.4 Å². The monoisotopic (exact) mass is 522 g/mol. The van der Waals surface area contributed by atoms with Crippen molar-refractivity contribution in [2.24, 2.45) is 0 Å². The Morgan fingerprint density at radius 2 is 1.42 bits per heavy atom. The first-order chi connectivity index (χ1) is 18.4. The molecule has 7 nitrogen and oxygen atoms in total. The molecule has 5 aromatic rings. The molecule has 0 spiro atoms. The summed E-state index contributed by atoms with van der Waals surface area (Å²) in [5.41, 5.74) is 4.45. The Hall–Kier alpha value is -4.95. The molecule has 4 aromatic carbocycles. The van der Waals surface area contributed by atoms with Gasteiger partial charge in [0.2, 0.25) is 5.88 Å². The van der Waals surface area contributed by atoms with Crippen molar-refractivity contribution in [3.63, 3.8) is 0 Å². The summed E-state index contributed by atoms with van der Waals surface area (Å²) in [7, 11) is 0. The molecule has 0 aliphatic rings. The van der Waals surface area contributed by atoms with E-state index in [1.165, 1.54) is 17.0 Å². The zero-order chi connectivity index (χ0) is 26.6. The van der Waals surface area contributed by atoms with Crippen molar-refractivity contribution in [3.05, 3.63) is 129 Å². The van der Waals surface area contributed by atoms with Gasteiger partial charge in [0, 0.05) is 11.3 Å². The van der Waals surface area contributed by atoms with Gasteiger partial charge in [-0.05, 0) is 52.6 Å². The maximum Gasteiger partial charge on any atom is 0.335 e. The number of hydrogen-bond donors (Lipinski definition) is 3. The van der Waals surface area contributed by atoms with Crippen LogP contribution in [0.4, 0.5) is 5.69 Å². The average Bonchev–Trinajstić information content (AvgIpc) is 3.29. The van der Waals surface area contributed by atoms with E-state index in [0.717, 1.165) is 28.0 Å². The summed E-state index contributed by atoms with van der Waals surface area (Å²) in [6.07, 6.45) is 0. The van der Waals surface area contributed by atoms with Gasteiger partial charge in [-0.15, -0.1) is 0 Å². The number of H-pyrrole nitrogens is 1. The highest BCUT2D eigenvalue weighted by Crippen LogP contribution is 2.31. The van der Waals surface area contributed by atoms with Gasteiger partial charge >= 0.3 is 10.8 Å². The predicted molar refractivity (Wildman–Crippen MR) is 148 cm³/mol. The van der Waals surface area contributed by atoms with Gasteiger partial charge in [-0.3, -0.25) is 14.6 Å². The minimum atomic E-state index is -1.08. The van der Waals surface area contributed by atoms with Crippen molar-refractivity contribution in [1.29, 1.82) is 0 Å². The second-order valence-electron chi connectivity index (χ2n) is 8.58. The number of benzene rings is 4. The molecule has 188 valence electrons. The number of carboxylic acids is 1. The molecule has 0 aliphatic heterocycles. The quantitative estimate of drug-likeness (QED) is 0.242. The van der Waals surface area contributed by atoms with Crippen molar-refractivity contribution < 1.29 is 19.8 Å². The van der Waals surface area contributed by atoms with E-state index in [1.807, 2.05) is 42.5 Å². The van der Waals surface area contributed by atoms with Gasteiger partial charge in [-0.25, -0.2) is 4.79 Å². The van der Waals surface area contributed by atoms with Gasteiger partial charge in [0.05, 0.1) is 17.0 Å². The van der Waals surface area contributed by atoms with Crippen molar-refractivity contribution in [2.75, 3.05) is 4.90 Å². The van der Waals surface area contributed by atoms with Crippen LogP contribution in [0, 0.1) is 0 Å². The van der Waals surface area contributed by atoms with Crippen LogP contribution < -0.4 is 9.77 Å². The van der Waals surface area contributed by atoms with E-state index in [-0.39, 0.29) is 28.8 Å². The lowest BCUT2D eigenvalue weighted by atomic mass is 10.0. The molecule has 0 atom stereocenters. The summed E-state index contributed by atoms with van der Waals surface area (Å²) in [6, 6.07) is 30.5. The fourth-order valence-corrected chi connectivity index (χ4v) is 4.87. The number of amides is 1. The lowest BCUT2D eigenvalue weighted by Gasteiger charge is -2.24. The van der Waals surface area contributed by atoms with Crippen molar-refractivity contribution in [1.82, 2.24) is 4.98 Å². The molecule has 0 aliphatic carbocycles. The molecule has 1 aromatic heterocycles. The minimum Gasteiger partial charge on any atom is -0.493 e. The molecule has 5 rings (SSSR count). The molecule has 0 saturated heterocycles. The molecule has 8 heteroatoms. The van der Waals surface area contributed by atoms with E-state index in [0.29, 0.717) is 21.7 Å². The Kier molecular flexibility index (Phi) is 6.88. The fourth-order valence-electron chi connectivity index (χ4n) is 4.14. The van der Waals surface area contributed by atoms with Gasteiger partial charge in [-0.2, -0.15) is 0 Å². The normalized spacial score (nSPS) is 10.7. The molecule has 0 radical (unpaired) electrons. The van der Waals surface area contributed by atoms with Crippen LogP contribution in [0.3, 0.4) is 0 Å². The second kappa shape index (κ2) is 10.6. The van der Waals surface area contributed by atoms with E-state index in [4.69, 9.17) is 0 Å². The second-order valence-corrected chi connectivity index (χ2v) is 9.56. The molecular formula is C30H22N2O5S. The molecule has 0 bridgehead atoms. The molecule has 3 N–H and O–H groups in total. The fraction of sp³-hybridized carbons (Fsp3) is 0.0333. The summed E-state index contributed by atoms with van der Waals surface area (Å²) in [4.78, 5) is 40.8.